The maximum absolute atomic E-state index is 11.0. The molecule has 1 heterocycles. The monoisotopic (exact) mass is 184 g/mol. The van der Waals surface area contributed by atoms with Crippen LogP contribution in [0.3, 0.4) is 0 Å². The highest BCUT2D eigenvalue weighted by atomic mass is 16.6. The zero-order valence-corrected chi connectivity index (χ0v) is 6.85. The molecule has 6 heteroatoms. The van der Waals surface area contributed by atoms with E-state index in [4.69, 9.17) is 5.11 Å². The van der Waals surface area contributed by atoms with Crippen molar-refractivity contribution in [1.82, 2.24) is 9.97 Å². The number of carboxylic acid groups (broad SMARTS) is 1. The van der Waals surface area contributed by atoms with Crippen LogP contribution in [0.25, 0.3) is 0 Å². The molecule has 0 saturated heterocycles. The number of imidazole rings is 1. The number of aromatic amines is 1. The Morgan fingerprint density at radius 3 is 2.85 bits per heavy atom. The van der Waals surface area contributed by atoms with E-state index in [1.807, 2.05) is 0 Å². The summed E-state index contributed by atoms with van der Waals surface area (Å²) in [6.45, 7) is 1.27. The number of hydrogen-bond donors (Lipinski definition) is 2. The molecule has 2 N–H and O–H groups in total. The number of nitrogens with zero attached hydrogens (tertiary/aromatic N) is 1. The van der Waals surface area contributed by atoms with Crippen LogP contribution in [0.15, 0.2) is 12.4 Å². The lowest BCUT2D eigenvalue weighted by atomic mass is 10.4. The fraction of sp³-hybridized carbons (Fsp3) is 0.286. The van der Waals surface area contributed by atoms with Gasteiger partial charge in [0, 0.05) is 12.4 Å². The van der Waals surface area contributed by atoms with Crippen LogP contribution < -0.4 is 0 Å². The first-order valence-corrected chi connectivity index (χ1v) is 3.54. The summed E-state index contributed by atoms with van der Waals surface area (Å²) in [6, 6.07) is 0. The van der Waals surface area contributed by atoms with E-state index in [2.05, 4.69) is 14.7 Å². The molecule has 1 atom stereocenters. The Kier molecular flexibility index (Phi) is 2.63. The van der Waals surface area contributed by atoms with Gasteiger partial charge in [0.1, 0.15) is 0 Å². The normalized spacial score (nSPS) is 12.1. The van der Waals surface area contributed by atoms with Crippen molar-refractivity contribution in [2.45, 2.75) is 13.0 Å². The van der Waals surface area contributed by atoms with Crippen LogP contribution in [0.2, 0.25) is 0 Å². The Bertz CT molecular complexity index is 306. The minimum atomic E-state index is -1.19. The number of carbonyl (C=O) groups is 2. The van der Waals surface area contributed by atoms with Crippen LogP contribution in [0.5, 0.6) is 0 Å². The summed E-state index contributed by atoms with van der Waals surface area (Å²) in [6.07, 6.45) is 1.65. The number of aliphatic carboxylic acids is 1. The molecule has 1 aromatic rings. The second-order valence-electron chi connectivity index (χ2n) is 2.32. The van der Waals surface area contributed by atoms with E-state index in [1.54, 1.807) is 0 Å². The minimum Gasteiger partial charge on any atom is -0.479 e. The molecule has 1 rings (SSSR count). The van der Waals surface area contributed by atoms with Crippen molar-refractivity contribution in [1.29, 1.82) is 0 Å². The van der Waals surface area contributed by atoms with Gasteiger partial charge in [-0.05, 0) is 6.92 Å². The number of H-pyrrole nitrogens is 1. The molecule has 0 bridgehead atoms. The van der Waals surface area contributed by atoms with Gasteiger partial charge >= 0.3 is 11.9 Å². The average molecular weight is 184 g/mol. The van der Waals surface area contributed by atoms with Gasteiger partial charge in [0.15, 0.2) is 6.10 Å². The lowest BCUT2D eigenvalue weighted by molar-refractivity contribution is -0.146. The number of hydrogen-bond acceptors (Lipinski definition) is 4. The summed E-state index contributed by atoms with van der Waals surface area (Å²) in [5.74, 6) is -1.98. The highest BCUT2D eigenvalue weighted by Crippen LogP contribution is 1.97. The lowest BCUT2D eigenvalue weighted by Gasteiger charge is -2.05. The summed E-state index contributed by atoms with van der Waals surface area (Å²) >= 11 is 0. The molecule has 0 spiro atoms. The Morgan fingerprint density at radius 1 is 1.69 bits per heavy atom. The Labute approximate surface area is 73.6 Å². The molecule has 0 aliphatic carbocycles. The van der Waals surface area contributed by atoms with E-state index in [-0.39, 0.29) is 5.82 Å². The van der Waals surface area contributed by atoms with Gasteiger partial charge in [-0.25, -0.2) is 14.6 Å². The van der Waals surface area contributed by atoms with Crippen molar-refractivity contribution < 1.29 is 19.4 Å². The van der Waals surface area contributed by atoms with E-state index in [9.17, 15) is 9.59 Å². The van der Waals surface area contributed by atoms with E-state index < -0.39 is 18.0 Å². The number of ether oxygens (including phenoxy) is 1. The summed E-state index contributed by atoms with van der Waals surface area (Å²) in [4.78, 5) is 27.4. The van der Waals surface area contributed by atoms with Gasteiger partial charge in [-0.15, -0.1) is 0 Å². The van der Waals surface area contributed by atoms with E-state index in [1.165, 1.54) is 19.3 Å². The molecule has 1 aromatic heterocycles. The molecule has 0 radical (unpaired) electrons. The molecular formula is C7H8N2O4. The van der Waals surface area contributed by atoms with Crippen LogP contribution in [0.1, 0.15) is 17.5 Å². The molecule has 0 amide bonds. The maximum Gasteiger partial charge on any atom is 0.375 e. The maximum atomic E-state index is 11.0. The van der Waals surface area contributed by atoms with Gasteiger partial charge in [0.2, 0.25) is 5.82 Å². The Balaban J connectivity index is 2.56. The van der Waals surface area contributed by atoms with Crippen LogP contribution in [-0.4, -0.2) is 33.1 Å². The molecule has 0 saturated carbocycles. The predicted molar refractivity (Wildman–Crippen MR) is 41.1 cm³/mol. The van der Waals surface area contributed by atoms with Gasteiger partial charge < -0.3 is 14.8 Å². The summed E-state index contributed by atoms with van der Waals surface area (Å²) < 4.78 is 4.52. The fourth-order valence-corrected chi connectivity index (χ4v) is 0.644. The SMILES string of the molecule is CC(OC(=O)c1ncc[nH]1)C(=O)O. The zero-order chi connectivity index (χ0) is 9.84. The summed E-state index contributed by atoms with van der Waals surface area (Å²) in [5.41, 5.74) is 0. The Hall–Kier alpha value is -1.85. The van der Waals surface area contributed by atoms with Crippen molar-refractivity contribution in [3.05, 3.63) is 18.2 Å². The minimum absolute atomic E-state index is 0.00639. The number of rotatable bonds is 3. The first kappa shape index (κ1) is 9.24. The van der Waals surface area contributed by atoms with Crippen LogP contribution in [0.4, 0.5) is 0 Å². The second kappa shape index (κ2) is 3.70. The van der Waals surface area contributed by atoms with Crippen LogP contribution in [-0.2, 0) is 9.53 Å². The smallest absolute Gasteiger partial charge is 0.375 e. The Morgan fingerprint density at radius 2 is 2.38 bits per heavy atom. The standard InChI is InChI=1S/C7H8N2O4/c1-4(6(10)11)13-7(12)5-8-2-3-9-5/h2-4H,1H3,(H,8,9)(H,10,11). The van der Waals surface area contributed by atoms with E-state index >= 15 is 0 Å². The van der Waals surface area contributed by atoms with Crippen LogP contribution in [0, 0.1) is 0 Å². The topological polar surface area (TPSA) is 92.3 Å². The predicted octanol–water partition coefficient (Wildman–Crippen LogP) is 0.0396. The van der Waals surface area contributed by atoms with Crippen molar-refractivity contribution in [3.8, 4) is 0 Å². The third kappa shape index (κ3) is 2.29. The first-order valence-electron chi connectivity index (χ1n) is 3.54. The van der Waals surface area contributed by atoms with Gasteiger partial charge in [-0.3, -0.25) is 0 Å². The molecule has 0 fully saturated rings. The van der Waals surface area contributed by atoms with Crippen molar-refractivity contribution in [3.63, 3.8) is 0 Å². The second-order valence-corrected chi connectivity index (χ2v) is 2.32. The number of carbonyl (C=O) groups excluding carboxylic acids is 1. The lowest BCUT2D eigenvalue weighted by Crippen LogP contribution is -2.24. The number of nitrogens with one attached hydrogen (secondary N) is 1. The van der Waals surface area contributed by atoms with Crippen LogP contribution >= 0.6 is 0 Å². The first-order chi connectivity index (χ1) is 6.11. The number of esters is 1. The van der Waals surface area contributed by atoms with Gasteiger partial charge in [-0.2, -0.15) is 0 Å². The van der Waals surface area contributed by atoms with Crippen molar-refractivity contribution >= 4 is 11.9 Å². The quantitative estimate of drug-likeness (QED) is 0.647. The summed E-state index contributed by atoms with van der Waals surface area (Å²) in [7, 11) is 0. The van der Waals surface area contributed by atoms with Crippen molar-refractivity contribution in [2.75, 3.05) is 0 Å². The molecule has 0 aromatic carbocycles. The fourth-order valence-electron chi connectivity index (χ4n) is 0.644. The van der Waals surface area contributed by atoms with Crippen molar-refractivity contribution in [2.24, 2.45) is 0 Å². The number of carboxylic acids is 1. The molecule has 70 valence electrons. The average Bonchev–Trinajstić information content (AvgIpc) is 2.55. The van der Waals surface area contributed by atoms with E-state index in [0.717, 1.165) is 0 Å². The van der Waals surface area contributed by atoms with E-state index in [0.29, 0.717) is 0 Å². The molecule has 1 unspecified atom stereocenters. The molecular weight excluding hydrogens is 176 g/mol. The largest absolute Gasteiger partial charge is 0.479 e. The van der Waals surface area contributed by atoms with Gasteiger partial charge in [0.05, 0.1) is 0 Å². The third-order valence-corrected chi connectivity index (χ3v) is 1.32. The third-order valence-electron chi connectivity index (χ3n) is 1.32. The van der Waals surface area contributed by atoms with Gasteiger partial charge in [-0.1, -0.05) is 0 Å². The highest BCUT2D eigenvalue weighted by molar-refractivity contribution is 5.87. The molecule has 6 nitrogen and oxygen atoms in total. The summed E-state index contributed by atoms with van der Waals surface area (Å²) in [5, 5.41) is 8.42. The molecule has 0 aliphatic rings. The van der Waals surface area contributed by atoms with Gasteiger partial charge in [0.25, 0.3) is 0 Å². The molecule has 0 aliphatic heterocycles. The highest BCUT2D eigenvalue weighted by Gasteiger charge is 2.18. The molecule has 13 heavy (non-hydrogen) atoms. The number of aromatic nitrogens is 2. The zero-order valence-electron chi connectivity index (χ0n) is 6.85.